The molecule has 0 spiro atoms. The van der Waals surface area contributed by atoms with E-state index < -0.39 is 5.41 Å². The topological polar surface area (TPSA) is 71.1 Å². The molecule has 0 atom stereocenters. The van der Waals surface area contributed by atoms with Crippen molar-refractivity contribution in [1.82, 2.24) is 4.98 Å². The average Bonchev–Trinajstić information content (AvgIpc) is 3.07. The second kappa shape index (κ2) is 9.45. The average molecular weight is 440 g/mol. The number of carbonyl (C=O) groups is 2. The first-order valence-corrected chi connectivity index (χ1v) is 11.4. The van der Waals surface area contributed by atoms with E-state index in [0.717, 1.165) is 21.9 Å². The zero-order valence-corrected chi connectivity index (χ0v) is 19.1. The predicted molar refractivity (Wildman–Crippen MR) is 125 cm³/mol. The minimum atomic E-state index is -0.489. The number of hydrogen-bond acceptors (Lipinski definition) is 5. The Bertz CT molecular complexity index is 1020. The number of carbonyl (C=O) groups excluding carboxylic acids is 2. The summed E-state index contributed by atoms with van der Waals surface area (Å²) in [5.74, 6) is 0.594. The summed E-state index contributed by atoms with van der Waals surface area (Å²) < 4.78 is 0. The van der Waals surface area contributed by atoms with Crippen molar-refractivity contribution in [3.63, 3.8) is 0 Å². The fourth-order valence-electron chi connectivity index (χ4n) is 2.54. The molecule has 2 aromatic heterocycles. The van der Waals surface area contributed by atoms with Crippen molar-refractivity contribution in [2.24, 2.45) is 5.41 Å². The van der Waals surface area contributed by atoms with Gasteiger partial charge in [-0.05, 0) is 54.4 Å². The van der Waals surface area contributed by atoms with E-state index in [1.54, 1.807) is 18.0 Å². The number of amides is 2. The molecule has 2 heterocycles. The number of thioether (sulfide) groups is 1. The second-order valence-corrected chi connectivity index (χ2v) is 10.1. The molecule has 0 fully saturated rings. The van der Waals surface area contributed by atoms with Crippen molar-refractivity contribution in [2.75, 3.05) is 10.6 Å². The van der Waals surface area contributed by atoms with Gasteiger partial charge in [-0.3, -0.25) is 14.6 Å². The molecular formula is C23H25N3O2S2. The highest BCUT2D eigenvalue weighted by Crippen LogP contribution is 2.30. The van der Waals surface area contributed by atoms with Crippen LogP contribution in [0.1, 0.15) is 41.6 Å². The van der Waals surface area contributed by atoms with Crippen molar-refractivity contribution in [3.05, 3.63) is 70.9 Å². The summed E-state index contributed by atoms with van der Waals surface area (Å²) >= 11 is 3.01. The van der Waals surface area contributed by atoms with Crippen molar-refractivity contribution in [2.45, 2.75) is 38.3 Å². The predicted octanol–water partition coefficient (Wildman–Crippen LogP) is 5.98. The highest BCUT2D eigenvalue weighted by molar-refractivity contribution is 7.98. The molecule has 0 saturated carbocycles. The Hall–Kier alpha value is -2.64. The number of nitrogens with zero attached hydrogens (tertiary/aromatic N) is 1. The molecule has 3 aromatic rings. The summed E-state index contributed by atoms with van der Waals surface area (Å²) in [6.45, 7) is 7.44. The first-order valence-electron chi connectivity index (χ1n) is 9.57. The molecule has 0 aliphatic carbocycles. The van der Waals surface area contributed by atoms with Gasteiger partial charge < -0.3 is 10.6 Å². The van der Waals surface area contributed by atoms with Gasteiger partial charge in [0.15, 0.2) is 0 Å². The fraction of sp³-hybridized carbons (Fsp3) is 0.261. The number of nitrogens with one attached hydrogen (secondary N) is 2. The standard InChI is InChI=1S/C23H25N3O2S2/c1-15-12-19(26-22(28)23(2,3)4)30-20(15)21(27)25-17-7-9-18(10-8-17)29-14-16-6-5-11-24-13-16/h5-13H,14H2,1-4H3,(H,25,27)(H,26,28). The summed E-state index contributed by atoms with van der Waals surface area (Å²) in [5, 5.41) is 6.51. The largest absolute Gasteiger partial charge is 0.321 e. The lowest BCUT2D eigenvalue weighted by Crippen LogP contribution is -2.27. The molecule has 5 nitrogen and oxygen atoms in total. The highest BCUT2D eigenvalue weighted by Gasteiger charge is 2.23. The van der Waals surface area contributed by atoms with Crippen LogP contribution in [0.2, 0.25) is 0 Å². The Balaban J connectivity index is 1.60. The molecule has 30 heavy (non-hydrogen) atoms. The zero-order chi connectivity index (χ0) is 21.7. The monoisotopic (exact) mass is 439 g/mol. The smallest absolute Gasteiger partial charge is 0.266 e. The van der Waals surface area contributed by atoms with Gasteiger partial charge >= 0.3 is 0 Å². The minimum absolute atomic E-state index is 0.0740. The van der Waals surface area contributed by atoms with Gasteiger partial charge in [0, 0.05) is 34.1 Å². The maximum absolute atomic E-state index is 12.7. The van der Waals surface area contributed by atoms with Crippen LogP contribution in [0.25, 0.3) is 0 Å². The van der Waals surface area contributed by atoms with Gasteiger partial charge in [-0.2, -0.15) is 0 Å². The van der Waals surface area contributed by atoms with E-state index in [-0.39, 0.29) is 11.8 Å². The number of aryl methyl sites for hydroxylation is 1. The number of rotatable bonds is 6. The molecular weight excluding hydrogens is 414 g/mol. The SMILES string of the molecule is Cc1cc(NC(=O)C(C)(C)C)sc1C(=O)Nc1ccc(SCc2cccnc2)cc1. The molecule has 2 N–H and O–H groups in total. The molecule has 0 radical (unpaired) electrons. The van der Waals surface area contributed by atoms with Gasteiger partial charge in [-0.1, -0.05) is 26.8 Å². The van der Waals surface area contributed by atoms with Crippen LogP contribution in [-0.4, -0.2) is 16.8 Å². The lowest BCUT2D eigenvalue weighted by molar-refractivity contribution is -0.123. The second-order valence-electron chi connectivity index (χ2n) is 7.96. The summed E-state index contributed by atoms with van der Waals surface area (Å²) in [6, 6.07) is 13.6. The first kappa shape index (κ1) is 22.1. The van der Waals surface area contributed by atoms with Gasteiger partial charge in [-0.15, -0.1) is 23.1 Å². The lowest BCUT2D eigenvalue weighted by Gasteiger charge is -2.16. The number of anilines is 2. The van der Waals surface area contributed by atoms with Crippen LogP contribution in [0, 0.1) is 12.3 Å². The maximum Gasteiger partial charge on any atom is 0.266 e. The number of hydrogen-bond donors (Lipinski definition) is 2. The highest BCUT2D eigenvalue weighted by atomic mass is 32.2. The van der Waals surface area contributed by atoms with Gasteiger partial charge in [-0.25, -0.2) is 0 Å². The van der Waals surface area contributed by atoms with Crippen molar-refractivity contribution in [3.8, 4) is 0 Å². The summed E-state index contributed by atoms with van der Waals surface area (Å²) in [4.78, 5) is 30.7. The molecule has 2 amide bonds. The van der Waals surface area contributed by atoms with E-state index in [2.05, 4.69) is 21.7 Å². The molecule has 1 aromatic carbocycles. The van der Waals surface area contributed by atoms with Gasteiger partial charge in [0.25, 0.3) is 5.91 Å². The fourth-order valence-corrected chi connectivity index (χ4v) is 4.34. The number of benzene rings is 1. The first-order chi connectivity index (χ1) is 14.2. The summed E-state index contributed by atoms with van der Waals surface area (Å²) in [6.07, 6.45) is 3.63. The quantitative estimate of drug-likeness (QED) is 0.464. The van der Waals surface area contributed by atoms with E-state index in [9.17, 15) is 9.59 Å². The Morgan fingerprint density at radius 3 is 2.47 bits per heavy atom. The zero-order valence-electron chi connectivity index (χ0n) is 17.5. The molecule has 0 aliphatic heterocycles. The lowest BCUT2D eigenvalue weighted by atomic mass is 9.96. The van der Waals surface area contributed by atoms with E-state index in [1.165, 1.54) is 16.9 Å². The summed E-state index contributed by atoms with van der Waals surface area (Å²) in [5.41, 5.74) is 2.25. The molecule has 3 rings (SSSR count). The summed E-state index contributed by atoms with van der Waals surface area (Å²) in [7, 11) is 0. The van der Waals surface area contributed by atoms with E-state index in [0.29, 0.717) is 9.88 Å². The molecule has 0 aliphatic rings. The molecule has 0 saturated heterocycles. The van der Waals surface area contributed by atoms with Crippen molar-refractivity contribution >= 4 is 45.6 Å². The third-order valence-corrected chi connectivity index (χ3v) is 6.52. The minimum Gasteiger partial charge on any atom is -0.321 e. The Morgan fingerprint density at radius 2 is 1.83 bits per heavy atom. The van der Waals surface area contributed by atoms with E-state index in [4.69, 9.17) is 0 Å². The third-order valence-electron chi connectivity index (χ3n) is 4.28. The van der Waals surface area contributed by atoms with Crippen LogP contribution < -0.4 is 10.6 Å². The molecule has 156 valence electrons. The Labute approximate surface area is 185 Å². The van der Waals surface area contributed by atoms with Gasteiger partial charge in [0.2, 0.25) is 5.91 Å². The Kier molecular flexibility index (Phi) is 6.95. The van der Waals surface area contributed by atoms with Gasteiger partial charge in [0.1, 0.15) is 0 Å². The van der Waals surface area contributed by atoms with Crippen LogP contribution in [0.3, 0.4) is 0 Å². The van der Waals surface area contributed by atoms with E-state index in [1.807, 2.05) is 70.3 Å². The van der Waals surface area contributed by atoms with Crippen LogP contribution in [0.4, 0.5) is 10.7 Å². The molecule has 0 unspecified atom stereocenters. The number of aromatic nitrogens is 1. The van der Waals surface area contributed by atoms with Gasteiger partial charge in [0.05, 0.1) is 9.88 Å². The van der Waals surface area contributed by atoms with Crippen molar-refractivity contribution in [1.29, 1.82) is 0 Å². The van der Waals surface area contributed by atoms with Crippen LogP contribution in [-0.2, 0) is 10.5 Å². The number of pyridine rings is 1. The maximum atomic E-state index is 12.7. The third kappa shape index (κ3) is 5.93. The van der Waals surface area contributed by atoms with Crippen LogP contribution >= 0.6 is 23.1 Å². The van der Waals surface area contributed by atoms with Crippen molar-refractivity contribution < 1.29 is 9.59 Å². The normalized spacial score (nSPS) is 11.2. The Morgan fingerprint density at radius 1 is 1.10 bits per heavy atom. The molecule has 7 heteroatoms. The van der Waals surface area contributed by atoms with Crippen LogP contribution in [0.15, 0.2) is 59.8 Å². The molecule has 0 bridgehead atoms. The number of thiophene rings is 1. The van der Waals surface area contributed by atoms with Crippen LogP contribution in [0.5, 0.6) is 0 Å². The van der Waals surface area contributed by atoms with E-state index >= 15 is 0 Å².